The Labute approximate surface area is 75.6 Å². The molecule has 0 aliphatic carbocycles. The molecule has 2 heteroatoms. The summed E-state index contributed by atoms with van der Waals surface area (Å²) in [7, 11) is 0. The number of rotatable bonds is 2. The predicted molar refractivity (Wildman–Crippen MR) is 53.3 cm³/mol. The second-order valence-electron chi connectivity index (χ2n) is 3.96. The van der Waals surface area contributed by atoms with Crippen molar-refractivity contribution in [1.29, 1.82) is 0 Å². The van der Waals surface area contributed by atoms with Gasteiger partial charge in [-0.25, -0.2) is 0 Å². The SMILES string of the molecule is C=C[C@@H]1CN(C(C)C)C[C@H](C)N1. The summed E-state index contributed by atoms with van der Waals surface area (Å²) < 4.78 is 0. The Bertz CT molecular complexity index is 154. The maximum Gasteiger partial charge on any atom is 0.0378 e. The third kappa shape index (κ3) is 2.32. The Morgan fingerprint density at radius 2 is 2.17 bits per heavy atom. The Morgan fingerprint density at radius 1 is 1.50 bits per heavy atom. The predicted octanol–water partition coefficient (Wildman–Crippen LogP) is 1.24. The summed E-state index contributed by atoms with van der Waals surface area (Å²) in [5.41, 5.74) is 0. The molecule has 1 saturated heterocycles. The van der Waals surface area contributed by atoms with Gasteiger partial charge in [0.05, 0.1) is 0 Å². The molecular formula is C10H20N2. The van der Waals surface area contributed by atoms with Crippen LogP contribution < -0.4 is 5.32 Å². The first kappa shape index (κ1) is 9.75. The molecule has 1 N–H and O–H groups in total. The lowest BCUT2D eigenvalue weighted by Gasteiger charge is -2.38. The van der Waals surface area contributed by atoms with E-state index in [1.807, 2.05) is 6.08 Å². The van der Waals surface area contributed by atoms with E-state index < -0.39 is 0 Å². The monoisotopic (exact) mass is 168 g/mol. The van der Waals surface area contributed by atoms with Gasteiger partial charge >= 0.3 is 0 Å². The van der Waals surface area contributed by atoms with Crippen LogP contribution in [0.25, 0.3) is 0 Å². The van der Waals surface area contributed by atoms with Crippen LogP contribution in [-0.4, -0.2) is 36.1 Å². The molecule has 1 aliphatic rings. The highest BCUT2D eigenvalue weighted by atomic mass is 15.2. The van der Waals surface area contributed by atoms with Crippen LogP contribution in [-0.2, 0) is 0 Å². The zero-order valence-electron chi connectivity index (χ0n) is 8.38. The molecule has 0 aromatic rings. The minimum Gasteiger partial charge on any atom is -0.306 e. The zero-order valence-corrected chi connectivity index (χ0v) is 8.38. The second kappa shape index (κ2) is 4.06. The van der Waals surface area contributed by atoms with Crippen molar-refractivity contribution in [2.24, 2.45) is 0 Å². The molecule has 1 heterocycles. The van der Waals surface area contributed by atoms with E-state index >= 15 is 0 Å². The maximum atomic E-state index is 3.82. The molecule has 1 rings (SSSR count). The van der Waals surface area contributed by atoms with Gasteiger partial charge in [0.1, 0.15) is 0 Å². The van der Waals surface area contributed by atoms with E-state index in [-0.39, 0.29) is 0 Å². The third-order valence-electron chi connectivity index (χ3n) is 2.45. The lowest BCUT2D eigenvalue weighted by molar-refractivity contribution is 0.148. The fraction of sp³-hybridized carbons (Fsp3) is 0.800. The summed E-state index contributed by atoms with van der Waals surface area (Å²) in [6.45, 7) is 12.8. The summed E-state index contributed by atoms with van der Waals surface area (Å²) in [6.07, 6.45) is 2.00. The fourth-order valence-electron chi connectivity index (χ4n) is 1.71. The van der Waals surface area contributed by atoms with Gasteiger partial charge in [-0.3, -0.25) is 4.90 Å². The molecule has 0 radical (unpaired) electrons. The van der Waals surface area contributed by atoms with Crippen molar-refractivity contribution >= 4 is 0 Å². The van der Waals surface area contributed by atoms with Crippen molar-refractivity contribution in [3.63, 3.8) is 0 Å². The molecule has 0 saturated carbocycles. The van der Waals surface area contributed by atoms with Gasteiger partial charge in [0.15, 0.2) is 0 Å². The van der Waals surface area contributed by atoms with Gasteiger partial charge in [0, 0.05) is 31.2 Å². The van der Waals surface area contributed by atoms with Crippen LogP contribution in [0.3, 0.4) is 0 Å². The van der Waals surface area contributed by atoms with Gasteiger partial charge in [-0.1, -0.05) is 6.08 Å². The van der Waals surface area contributed by atoms with Gasteiger partial charge in [0.25, 0.3) is 0 Å². The van der Waals surface area contributed by atoms with Crippen LogP contribution in [0.2, 0.25) is 0 Å². The number of piperazine rings is 1. The van der Waals surface area contributed by atoms with E-state index in [0.717, 1.165) is 13.1 Å². The molecule has 0 spiro atoms. The van der Waals surface area contributed by atoms with Crippen LogP contribution in [0.4, 0.5) is 0 Å². The van der Waals surface area contributed by atoms with Crippen LogP contribution in [0.5, 0.6) is 0 Å². The largest absolute Gasteiger partial charge is 0.306 e. The molecular weight excluding hydrogens is 148 g/mol. The highest BCUT2D eigenvalue weighted by molar-refractivity contribution is 4.94. The molecule has 12 heavy (non-hydrogen) atoms. The summed E-state index contributed by atoms with van der Waals surface area (Å²) in [5, 5.41) is 3.49. The quantitative estimate of drug-likeness (QED) is 0.624. The highest BCUT2D eigenvalue weighted by Crippen LogP contribution is 2.08. The molecule has 70 valence electrons. The zero-order chi connectivity index (χ0) is 9.14. The molecule has 1 fully saturated rings. The van der Waals surface area contributed by atoms with Gasteiger partial charge < -0.3 is 5.32 Å². The number of nitrogens with one attached hydrogen (secondary N) is 1. The van der Waals surface area contributed by atoms with Crippen LogP contribution in [0, 0.1) is 0 Å². The highest BCUT2D eigenvalue weighted by Gasteiger charge is 2.22. The lowest BCUT2D eigenvalue weighted by Crippen LogP contribution is -2.56. The summed E-state index contributed by atoms with van der Waals surface area (Å²) in [6, 6.07) is 1.71. The smallest absolute Gasteiger partial charge is 0.0378 e. The van der Waals surface area contributed by atoms with Crippen LogP contribution in [0.1, 0.15) is 20.8 Å². The van der Waals surface area contributed by atoms with E-state index in [1.165, 1.54) is 0 Å². The van der Waals surface area contributed by atoms with E-state index in [9.17, 15) is 0 Å². The van der Waals surface area contributed by atoms with E-state index in [1.54, 1.807) is 0 Å². The fourth-order valence-corrected chi connectivity index (χ4v) is 1.71. The maximum absolute atomic E-state index is 3.82. The van der Waals surface area contributed by atoms with E-state index in [4.69, 9.17) is 0 Å². The van der Waals surface area contributed by atoms with Crippen LogP contribution in [0.15, 0.2) is 12.7 Å². The molecule has 0 unspecified atom stereocenters. The van der Waals surface area contributed by atoms with Crippen molar-refractivity contribution in [3.8, 4) is 0 Å². The number of hydrogen-bond donors (Lipinski definition) is 1. The molecule has 2 nitrogen and oxygen atoms in total. The molecule has 0 aromatic carbocycles. The van der Waals surface area contributed by atoms with E-state index in [0.29, 0.717) is 18.1 Å². The van der Waals surface area contributed by atoms with Crippen molar-refractivity contribution in [3.05, 3.63) is 12.7 Å². The van der Waals surface area contributed by atoms with Crippen molar-refractivity contribution < 1.29 is 0 Å². The summed E-state index contributed by atoms with van der Waals surface area (Å²) in [4.78, 5) is 2.49. The summed E-state index contributed by atoms with van der Waals surface area (Å²) >= 11 is 0. The molecule has 2 atom stereocenters. The summed E-state index contributed by atoms with van der Waals surface area (Å²) in [5.74, 6) is 0. The Kier molecular flexibility index (Phi) is 3.29. The van der Waals surface area contributed by atoms with Gasteiger partial charge in [-0.15, -0.1) is 6.58 Å². The van der Waals surface area contributed by atoms with Crippen molar-refractivity contribution in [2.45, 2.75) is 38.9 Å². The second-order valence-corrected chi connectivity index (χ2v) is 3.96. The normalized spacial score (nSPS) is 32.3. The molecule has 1 aliphatic heterocycles. The minimum atomic E-state index is 0.469. The van der Waals surface area contributed by atoms with E-state index in [2.05, 4.69) is 37.6 Å². The Balaban J connectivity index is 2.50. The topological polar surface area (TPSA) is 15.3 Å². The van der Waals surface area contributed by atoms with Crippen LogP contribution >= 0.6 is 0 Å². The Hall–Kier alpha value is -0.340. The number of hydrogen-bond acceptors (Lipinski definition) is 2. The minimum absolute atomic E-state index is 0.469. The van der Waals surface area contributed by atoms with Crippen molar-refractivity contribution in [1.82, 2.24) is 10.2 Å². The first-order valence-electron chi connectivity index (χ1n) is 4.76. The lowest BCUT2D eigenvalue weighted by atomic mass is 10.1. The number of nitrogens with zero attached hydrogens (tertiary/aromatic N) is 1. The molecule has 0 bridgehead atoms. The van der Waals surface area contributed by atoms with Gasteiger partial charge in [0.2, 0.25) is 0 Å². The molecule has 0 amide bonds. The first-order valence-corrected chi connectivity index (χ1v) is 4.76. The van der Waals surface area contributed by atoms with Gasteiger partial charge in [-0.2, -0.15) is 0 Å². The van der Waals surface area contributed by atoms with Gasteiger partial charge in [-0.05, 0) is 20.8 Å². The average Bonchev–Trinajstić information content (AvgIpc) is 2.03. The average molecular weight is 168 g/mol. The standard InChI is InChI=1S/C10H20N2/c1-5-10-7-12(8(2)3)6-9(4)11-10/h5,8-11H,1,6-7H2,2-4H3/t9-,10+/m0/s1. The first-order chi connectivity index (χ1) is 5.63. The van der Waals surface area contributed by atoms with Crippen molar-refractivity contribution in [2.75, 3.05) is 13.1 Å². The third-order valence-corrected chi connectivity index (χ3v) is 2.45. The Morgan fingerprint density at radius 3 is 2.67 bits per heavy atom. The molecule has 0 aromatic heterocycles.